The lowest BCUT2D eigenvalue weighted by Gasteiger charge is -2.19. The van der Waals surface area contributed by atoms with E-state index >= 15 is 0 Å². The minimum atomic E-state index is -3.99. The van der Waals surface area contributed by atoms with Crippen LogP contribution in [0.2, 0.25) is 0 Å². The Kier molecular flexibility index (Phi) is 18.4. The number of ether oxygens (including phenoxy) is 6. The third kappa shape index (κ3) is 14.2. The van der Waals surface area contributed by atoms with Gasteiger partial charge in [-0.05, 0) is 82.3 Å². The Balaban J connectivity index is 0.000000229. The van der Waals surface area contributed by atoms with Crippen LogP contribution in [-0.2, 0) is 36.6 Å². The molecule has 4 aromatic heterocycles. The zero-order valence-corrected chi connectivity index (χ0v) is 44.7. The summed E-state index contributed by atoms with van der Waals surface area (Å²) in [6, 6.07) is 27.4. The van der Waals surface area contributed by atoms with Gasteiger partial charge in [-0.3, -0.25) is 4.98 Å². The summed E-state index contributed by atoms with van der Waals surface area (Å²) in [4.78, 5) is 26.4. The molecular weight excluding hydrogens is 1010 g/mol. The Morgan fingerprint density at radius 2 is 1.37 bits per heavy atom. The average molecular weight is 1070 g/mol. The third-order valence-corrected chi connectivity index (χ3v) is 14.4. The SMILES string of the molecule is COc1cccc(Oc2c(CS(=O)(=O)c3ccc(C(C)(C)C)cc3)ncnc2OCCN)c1.COc1ccccc1Oc1c(CS(=O)(=O)c2ccc(C(C)C)cn2)nc(-c2ccnc(C3=NN=NC3)c2)nc1OCCN. The number of hydrogen-bond acceptors (Lipinski definition) is 21. The Bertz CT molecular complexity index is 3410. The normalized spacial score (nSPS) is 12.4. The lowest BCUT2D eigenvalue weighted by atomic mass is 9.87. The van der Waals surface area contributed by atoms with Gasteiger partial charge in [0.15, 0.2) is 32.2 Å². The molecule has 0 bridgehead atoms. The number of sulfone groups is 2. The molecule has 0 saturated heterocycles. The zero-order valence-electron chi connectivity index (χ0n) is 43.1. The summed E-state index contributed by atoms with van der Waals surface area (Å²) in [7, 11) is -4.66. The van der Waals surface area contributed by atoms with Crippen LogP contribution in [0.5, 0.6) is 46.3 Å². The van der Waals surface area contributed by atoms with Crippen LogP contribution in [0.15, 0.2) is 141 Å². The van der Waals surface area contributed by atoms with Crippen LogP contribution in [0.1, 0.15) is 68.7 Å². The van der Waals surface area contributed by atoms with E-state index in [0.717, 1.165) is 11.1 Å². The van der Waals surface area contributed by atoms with Crippen molar-refractivity contribution in [1.82, 2.24) is 29.9 Å². The van der Waals surface area contributed by atoms with Crippen LogP contribution >= 0.6 is 0 Å². The fourth-order valence-electron chi connectivity index (χ4n) is 7.18. The predicted molar refractivity (Wildman–Crippen MR) is 284 cm³/mol. The van der Waals surface area contributed by atoms with Crippen LogP contribution in [0.25, 0.3) is 11.4 Å². The van der Waals surface area contributed by atoms with Gasteiger partial charge in [0.1, 0.15) is 66.2 Å². The summed E-state index contributed by atoms with van der Waals surface area (Å²) in [5.41, 5.74) is 15.1. The van der Waals surface area contributed by atoms with E-state index in [9.17, 15) is 16.8 Å². The van der Waals surface area contributed by atoms with Crippen molar-refractivity contribution in [3.63, 3.8) is 0 Å². The van der Waals surface area contributed by atoms with Crippen molar-refractivity contribution in [2.24, 2.45) is 26.9 Å². The first kappa shape index (κ1) is 55.8. The molecule has 0 fully saturated rings. The van der Waals surface area contributed by atoms with Gasteiger partial charge in [-0.1, -0.05) is 71.0 Å². The van der Waals surface area contributed by atoms with Crippen molar-refractivity contribution in [2.75, 3.05) is 47.1 Å². The van der Waals surface area contributed by atoms with Gasteiger partial charge in [0.25, 0.3) is 11.8 Å². The van der Waals surface area contributed by atoms with Crippen LogP contribution in [-0.4, -0.2) is 99.5 Å². The summed E-state index contributed by atoms with van der Waals surface area (Å²) in [5.74, 6) is 1.44. The van der Waals surface area contributed by atoms with E-state index in [4.69, 9.17) is 39.9 Å². The van der Waals surface area contributed by atoms with Gasteiger partial charge in [-0.2, -0.15) is 15.1 Å². The summed E-state index contributed by atoms with van der Waals surface area (Å²) < 4.78 is 88.2. The number of pyridine rings is 2. The molecule has 0 spiro atoms. The maximum absolute atomic E-state index is 13.7. The highest BCUT2D eigenvalue weighted by atomic mass is 32.2. The van der Waals surface area contributed by atoms with Gasteiger partial charge in [0, 0.05) is 37.1 Å². The number of para-hydroxylation sites is 2. The Labute approximate surface area is 441 Å². The first-order valence-corrected chi connectivity index (χ1v) is 27.2. The van der Waals surface area contributed by atoms with Crippen LogP contribution in [0.4, 0.5) is 0 Å². The number of hydrogen-bond donors (Lipinski definition) is 2. The molecule has 1 aliphatic rings. The van der Waals surface area contributed by atoms with E-state index in [1.807, 2.05) is 26.0 Å². The standard InChI is InChI=1S/C29H30N8O5S.C24H29N3O5S/c1-18(2)20-8-9-26(32-15-20)43(38,39)17-23-27(42-25-7-5-4-6-24(25)40-3)29(41-13-11-30)35-28(34-23)19-10-12-31-21(14-19)22-16-33-37-36-22;1-24(2,3)17-8-10-20(11-9-17)33(28,29)15-21-22(23(27-16-26-21)31-13-12-25)32-19-7-5-6-18(14-19)30-4/h4-10,12,14-15,18H,11,13,16-17,30H2,1-3H3;5-11,14,16H,12-13,15,25H2,1-4H3. The summed E-state index contributed by atoms with van der Waals surface area (Å²) in [6.45, 7) is 11.2. The zero-order chi connectivity index (χ0) is 54.5. The molecule has 3 aromatic carbocycles. The van der Waals surface area contributed by atoms with E-state index in [2.05, 4.69) is 66.1 Å². The van der Waals surface area contributed by atoms with Crippen molar-refractivity contribution in [1.29, 1.82) is 0 Å². The number of nitrogens with zero attached hydrogens (tertiary/aromatic N) is 9. The van der Waals surface area contributed by atoms with E-state index < -0.39 is 25.4 Å². The van der Waals surface area contributed by atoms with E-state index in [-0.39, 0.29) is 93.8 Å². The molecule has 21 nitrogen and oxygen atoms in total. The number of nitrogens with two attached hydrogens (primary N) is 2. The Morgan fingerprint density at radius 3 is 2.01 bits per heavy atom. The number of aromatic nitrogens is 6. The fraction of sp³-hybridized carbons (Fsp3) is 0.302. The molecule has 0 unspecified atom stereocenters. The molecule has 0 atom stereocenters. The fourth-order valence-corrected chi connectivity index (χ4v) is 9.66. The maximum atomic E-state index is 13.7. The van der Waals surface area contributed by atoms with E-state index in [1.54, 1.807) is 98.4 Å². The molecule has 5 heterocycles. The predicted octanol–water partition coefficient (Wildman–Crippen LogP) is 8.23. The number of rotatable bonds is 21. The van der Waals surface area contributed by atoms with Crippen LogP contribution in [0.3, 0.4) is 0 Å². The average Bonchev–Trinajstić information content (AvgIpc) is 3.97. The van der Waals surface area contributed by atoms with Crippen molar-refractivity contribution in [2.45, 2.75) is 67.4 Å². The second kappa shape index (κ2) is 25.0. The number of methoxy groups -OCH3 is 2. The van der Waals surface area contributed by atoms with E-state index in [0.29, 0.717) is 46.5 Å². The molecule has 1 aliphatic heterocycles. The summed E-state index contributed by atoms with van der Waals surface area (Å²) >= 11 is 0. The maximum Gasteiger partial charge on any atom is 0.261 e. The molecule has 0 saturated carbocycles. The minimum absolute atomic E-state index is 0.0103. The lowest BCUT2D eigenvalue weighted by Crippen LogP contribution is -2.15. The highest BCUT2D eigenvalue weighted by Gasteiger charge is 2.28. The van der Waals surface area contributed by atoms with Gasteiger partial charge < -0.3 is 39.9 Å². The molecule has 76 heavy (non-hydrogen) atoms. The quantitative estimate of drug-likeness (QED) is 0.0685. The molecule has 398 valence electrons. The first-order valence-electron chi connectivity index (χ1n) is 23.9. The van der Waals surface area contributed by atoms with Crippen molar-refractivity contribution < 1.29 is 45.3 Å². The molecule has 0 aliphatic carbocycles. The van der Waals surface area contributed by atoms with Gasteiger partial charge in [0.2, 0.25) is 21.3 Å². The van der Waals surface area contributed by atoms with Crippen LogP contribution < -0.4 is 39.9 Å². The van der Waals surface area contributed by atoms with Crippen molar-refractivity contribution in [3.05, 3.63) is 144 Å². The molecule has 7 aromatic rings. The molecule has 0 radical (unpaired) electrons. The minimum Gasteiger partial charge on any atom is -0.497 e. The largest absolute Gasteiger partial charge is 0.497 e. The van der Waals surface area contributed by atoms with Gasteiger partial charge >= 0.3 is 0 Å². The smallest absolute Gasteiger partial charge is 0.261 e. The molecule has 4 N–H and O–H groups in total. The molecule has 23 heteroatoms. The highest BCUT2D eigenvalue weighted by molar-refractivity contribution is 7.90. The topological polar surface area (TPSA) is 290 Å². The Morgan fingerprint density at radius 1 is 0.671 bits per heavy atom. The molecule has 0 amide bonds. The van der Waals surface area contributed by atoms with Gasteiger partial charge in [-0.25, -0.2) is 31.8 Å². The molecule has 8 rings (SSSR count). The van der Waals surface area contributed by atoms with Gasteiger partial charge in [0.05, 0.1) is 24.8 Å². The first-order chi connectivity index (χ1) is 36.4. The molecular formula is C53H59N11O10S2. The second-order valence-corrected chi connectivity index (χ2v) is 22.1. The summed E-state index contributed by atoms with van der Waals surface area (Å²) in [5, 5.41) is 11.5. The van der Waals surface area contributed by atoms with Crippen molar-refractivity contribution in [3.8, 4) is 57.6 Å². The Hall–Kier alpha value is -7.99. The highest BCUT2D eigenvalue weighted by Crippen LogP contribution is 2.40. The monoisotopic (exact) mass is 1070 g/mol. The summed E-state index contributed by atoms with van der Waals surface area (Å²) in [6.07, 6.45) is 4.39. The van der Waals surface area contributed by atoms with E-state index in [1.165, 1.54) is 19.5 Å². The third-order valence-electron chi connectivity index (χ3n) is 11.2. The lowest BCUT2D eigenvalue weighted by molar-refractivity contribution is 0.294. The van der Waals surface area contributed by atoms with Crippen LogP contribution in [0, 0.1) is 0 Å². The van der Waals surface area contributed by atoms with Crippen molar-refractivity contribution >= 4 is 25.4 Å². The second-order valence-electron chi connectivity index (χ2n) is 18.1. The van der Waals surface area contributed by atoms with Gasteiger partial charge in [-0.15, -0.1) is 5.10 Å². The number of benzene rings is 3.